The summed E-state index contributed by atoms with van der Waals surface area (Å²) in [7, 11) is 1.16. The van der Waals surface area contributed by atoms with Crippen molar-refractivity contribution in [3.63, 3.8) is 0 Å². The first kappa shape index (κ1) is 53.3. The zero-order valence-electron chi connectivity index (χ0n) is 38.2. The van der Waals surface area contributed by atoms with Crippen LogP contribution in [0.5, 0.6) is 34.5 Å². The number of thiazole rings is 2. The molecule has 2 aromatic heterocycles. The van der Waals surface area contributed by atoms with E-state index in [0.717, 1.165) is 77.3 Å². The van der Waals surface area contributed by atoms with E-state index in [1.165, 1.54) is 0 Å². The van der Waals surface area contributed by atoms with Crippen LogP contribution in [0.25, 0.3) is 0 Å². The van der Waals surface area contributed by atoms with E-state index in [1.807, 2.05) is 12.1 Å². The highest BCUT2D eigenvalue weighted by molar-refractivity contribution is 7.18. The first-order chi connectivity index (χ1) is 33.8. The van der Waals surface area contributed by atoms with Crippen molar-refractivity contribution in [2.75, 3.05) is 43.9 Å². The van der Waals surface area contributed by atoms with Gasteiger partial charge >= 0.3 is 11.9 Å². The molecule has 0 saturated heterocycles. The maximum Gasteiger partial charge on any atom is 0.330 e. The molecule has 71 heavy (non-hydrogen) atoms. The Morgan fingerprint density at radius 2 is 0.944 bits per heavy atom. The number of aromatic nitrogens is 2. The number of amides is 4. The number of nitrogens with one attached hydrogen (secondary N) is 6. The number of esters is 1. The van der Waals surface area contributed by atoms with E-state index < -0.39 is 54.2 Å². The van der Waals surface area contributed by atoms with Crippen molar-refractivity contribution in [1.29, 1.82) is 0 Å². The molecule has 6 rings (SSSR count). The molecule has 13 N–H and O–H groups in total. The largest absolute Gasteiger partial charge is 0.508 e. The third-order valence-electron chi connectivity index (χ3n) is 9.86. The van der Waals surface area contributed by atoms with Gasteiger partial charge in [0.15, 0.2) is 10.3 Å². The third kappa shape index (κ3) is 16.2. The number of carboxylic acid groups (broad SMARTS) is 1. The summed E-state index contributed by atoms with van der Waals surface area (Å²) < 4.78 is 4.74. The lowest BCUT2D eigenvalue weighted by atomic mass is 10.1. The van der Waals surface area contributed by atoms with Gasteiger partial charge in [-0.2, -0.15) is 0 Å². The SMILES string of the molecule is COC(=O)[C@H](CNC(=O)c1cc(O)cc(O)c1)NC(=O)c1sc(NCCc2cccc(O)c2)nc1C.Cc1nc(NCCc2cccc(O)c2)sc1C(=O)N[C@@H](CNC(=O)c1cc(O)cc(O)c1)C(=O)O. The molecule has 374 valence electrons. The number of phenols is 6. The summed E-state index contributed by atoms with van der Waals surface area (Å²) in [5, 5.41) is 83.6. The van der Waals surface area contributed by atoms with E-state index in [0.29, 0.717) is 47.6 Å². The van der Waals surface area contributed by atoms with Gasteiger partial charge in [0.25, 0.3) is 23.6 Å². The van der Waals surface area contributed by atoms with Crippen molar-refractivity contribution in [3.05, 3.63) is 128 Å². The van der Waals surface area contributed by atoms with Gasteiger partial charge in [-0.15, -0.1) is 0 Å². The van der Waals surface area contributed by atoms with Crippen LogP contribution in [0.4, 0.5) is 10.3 Å². The molecule has 0 aliphatic heterocycles. The summed E-state index contributed by atoms with van der Waals surface area (Å²) in [4.78, 5) is 83.2. The minimum absolute atomic E-state index is 0.0258. The minimum Gasteiger partial charge on any atom is -0.508 e. The number of anilines is 2. The molecule has 22 nitrogen and oxygen atoms in total. The van der Waals surface area contributed by atoms with Gasteiger partial charge in [0.1, 0.15) is 56.3 Å². The fraction of sp³-hybridized carbons (Fsp3) is 0.234. The van der Waals surface area contributed by atoms with E-state index in [9.17, 15) is 64.5 Å². The molecule has 0 fully saturated rings. The number of aliphatic carboxylic acids is 1. The van der Waals surface area contributed by atoms with Crippen molar-refractivity contribution >= 4 is 68.5 Å². The zero-order valence-corrected chi connectivity index (χ0v) is 39.8. The van der Waals surface area contributed by atoms with E-state index in [-0.39, 0.29) is 61.9 Å². The standard InChI is InChI=1S/C24H26N4O7S.C23H24N4O7S/c1-13-20(36-24(27-13)25-7-6-14-4-3-5-16(29)8-14)22(33)28-19(23(34)35-2)12-26-21(32)15-9-17(30)11-18(31)10-15;1-12-19(35-23(26-12)24-6-5-13-3-2-4-15(28)7-13)21(32)27-18(22(33)34)11-25-20(31)14-8-16(29)10-17(30)9-14/h3-5,8-11,19,29-31H,6-7,12H2,1-2H3,(H,25,27)(H,26,32)(H,28,33);2-4,7-10,18,28-30H,5-6,11H2,1H3,(H,24,26)(H,25,31)(H,27,32)(H,33,34)/t19-;18-/m00/s1. The van der Waals surface area contributed by atoms with E-state index in [4.69, 9.17) is 4.74 Å². The number of ether oxygens (including phenoxy) is 1. The maximum atomic E-state index is 12.9. The Morgan fingerprint density at radius 1 is 0.549 bits per heavy atom. The molecule has 2 heterocycles. The Labute approximate surface area is 413 Å². The molecule has 0 spiro atoms. The van der Waals surface area contributed by atoms with Crippen LogP contribution >= 0.6 is 22.7 Å². The Hall–Kier alpha value is -8.64. The normalized spacial score (nSPS) is 11.4. The molecule has 24 heteroatoms. The number of phenolic OH excluding ortho intramolecular Hbond substituents is 6. The van der Waals surface area contributed by atoms with Gasteiger partial charge in [-0.05, 0) is 86.3 Å². The molecular weight excluding hydrogens is 965 g/mol. The number of rotatable bonds is 20. The Bertz CT molecular complexity index is 2850. The number of carbonyl (C=O) groups is 6. The lowest BCUT2D eigenvalue weighted by Crippen LogP contribution is -2.49. The number of hydrogen-bond donors (Lipinski definition) is 13. The zero-order chi connectivity index (χ0) is 51.8. The molecule has 4 amide bonds. The van der Waals surface area contributed by atoms with Gasteiger partial charge in [0.2, 0.25) is 0 Å². The minimum atomic E-state index is -1.43. The molecule has 0 unspecified atom stereocenters. The summed E-state index contributed by atoms with van der Waals surface area (Å²) in [5.41, 5.74) is 2.64. The number of carbonyl (C=O) groups excluding carboxylic acids is 5. The average molecular weight is 1020 g/mol. The van der Waals surface area contributed by atoms with E-state index in [2.05, 4.69) is 41.9 Å². The number of aromatic hydroxyl groups is 6. The molecular formula is C47H50N8O14S2. The van der Waals surface area contributed by atoms with Gasteiger partial charge in [-0.25, -0.2) is 19.6 Å². The fourth-order valence-electron chi connectivity index (χ4n) is 6.45. The quantitative estimate of drug-likeness (QED) is 0.0484. The smallest absolute Gasteiger partial charge is 0.330 e. The van der Waals surface area contributed by atoms with Gasteiger partial charge in [0, 0.05) is 49.4 Å². The highest BCUT2D eigenvalue weighted by Crippen LogP contribution is 2.25. The highest BCUT2D eigenvalue weighted by Gasteiger charge is 2.27. The summed E-state index contributed by atoms with van der Waals surface area (Å²) in [5.74, 6) is -5.64. The third-order valence-corrected chi connectivity index (χ3v) is 12.1. The Balaban J connectivity index is 0.000000264. The summed E-state index contributed by atoms with van der Waals surface area (Å²) in [6, 6.07) is 17.8. The topological polar surface area (TPSA) is 351 Å². The average Bonchev–Trinajstić information content (AvgIpc) is 3.88. The van der Waals surface area contributed by atoms with Crippen LogP contribution in [0.15, 0.2) is 84.9 Å². The van der Waals surface area contributed by atoms with Crippen molar-refractivity contribution in [1.82, 2.24) is 31.2 Å². The predicted octanol–water partition coefficient (Wildman–Crippen LogP) is 3.76. The molecule has 0 saturated carbocycles. The number of hydrogen-bond acceptors (Lipinski definition) is 19. The van der Waals surface area contributed by atoms with Crippen molar-refractivity contribution in [2.45, 2.75) is 38.8 Å². The molecule has 0 aliphatic rings. The second-order valence-corrected chi connectivity index (χ2v) is 17.4. The summed E-state index contributed by atoms with van der Waals surface area (Å²) in [6.45, 7) is 3.60. The van der Waals surface area contributed by atoms with E-state index >= 15 is 0 Å². The van der Waals surface area contributed by atoms with Gasteiger partial charge in [-0.1, -0.05) is 46.9 Å². The monoisotopic (exact) mass is 1010 g/mol. The van der Waals surface area contributed by atoms with Gasteiger partial charge in [-0.3, -0.25) is 19.2 Å². The number of carboxylic acids is 1. The second-order valence-electron chi connectivity index (χ2n) is 15.4. The summed E-state index contributed by atoms with van der Waals surface area (Å²) >= 11 is 2.18. The van der Waals surface area contributed by atoms with Crippen LogP contribution < -0.4 is 31.9 Å². The highest BCUT2D eigenvalue weighted by atomic mass is 32.1. The summed E-state index contributed by atoms with van der Waals surface area (Å²) in [6.07, 6.45) is 1.25. The van der Waals surface area contributed by atoms with Gasteiger partial charge in [0.05, 0.1) is 18.5 Å². The molecule has 0 bridgehead atoms. The number of benzene rings is 4. The van der Waals surface area contributed by atoms with Gasteiger partial charge < -0.3 is 72.4 Å². The van der Waals surface area contributed by atoms with Crippen LogP contribution in [0, 0.1) is 13.8 Å². The molecule has 0 aliphatic carbocycles. The molecule has 6 aromatic rings. The fourth-order valence-corrected chi connectivity index (χ4v) is 8.24. The number of nitrogens with zero attached hydrogens (tertiary/aromatic N) is 2. The molecule has 2 atom stereocenters. The van der Waals surface area contributed by atoms with Crippen molar-refractivity contribution < 1.29 is 69.2 Å². The van der Waals surface area contributed by atoms with Crippen molar-refractivity contribution in [3.8, 4) is 34.5 Å². The van der Waals surface area contributed by atoms with Crippen LogP contribution in [0.3, 0.4) is 0 Å². The first-order valence-electron chi connectivity index (χ1n) is 21.3. The second kappa shape index (κ2) is 25.1. The van der Waals surface area contributed by atoms with E-state index in [1.54, 1.807) is 50.2 Å². The van der Waals surface area contributed by atoms with Crippen molar-refractivity contribution in [2.24, 2.45) is 0 Å². The lowest BCUT2D eigenvalue weighted by Gasteiger charge is -2.17. The van der Waals surface area contributed by atoms with Crippen LogP contribution in [0.2, 0.25) is 0 Å². The molecule has 4 aromatic carbocycles. The van der Waals surface area contributed by atoms with Crippen LogP contribution in [-0.2, 0) is 27.2 Å². The Kier molecular flexibility index (Phi) is 18.9. The maximum absolute atomic E-state index is 12.9. The predicted molar refractivity (Wildman–Crippen MR) is 261 cm³/mol. The first-order valence-corrected chi connectivity index (χ1v) is 22.9. The van der Waals surface area contributed by atoms with Crippen LogP contribution in [0.1, 0.15) is 62.6 Å². The number of methoxy groups -OCH3 is 1. The number of aryl methyl sites for hydroxylation is 2. The Morgan fingerprint density at radius 3 is 1.32 bits per heavy atom. The van der Waals surface area contributed by atoms with Crippen LogP contribution in [-0.4, -0.2) is 127 Å². The lowest BCUT2D eigenvalue weighted by molar-refractivity contribution is -0.142. The molecule has 0 radical (unpaired) electrons.